The number of aromatic nitrogens is 4. The number of aryl methyl sites for hydroxylation is 1. The van der Waals surface area contributed by atoms with Crippen molar-refractivity contribution in [1.29, 1.82) is 0 Å². The van der Waals surface area contributed by atoms with Gasteiger partial charge in [0.25, 0.3) is 11.5 Å². The zero-order chi connectivity index (χ0) is 19.6. The highest BCUT2D eigenvalue weighted by molar-refractivity contribution is 6.02. The molecule has 0 atom stereocenters. The maximum absolute atomic E-state index is 12.4. The first-order valence-corrected chi connectivity index (χ1v) is 8.17. The number of hydrogen-bond donors (Lipinski definition) is 1. The van der Waals surface area contributed by atoms with Crippen molar-refractivity contribution < 1.29 is 9.53 Å². The van der Waals surface area contributed by atoms with Gasteiger partial charge >= 0.3 is 5.69 Å². The van der Waals surface area contributed by atoms with E-state index in [1.54, 1.807) is 6.20 Å². The molecule has 0 aliphatic heterocycles. The maximum atomic E-state index is 12.4. The second kappa shape index (κ2) is 7.32. The molecule has 2 aromatic heterocycles. The Kier molecular flexibility index (Phi) is 4.93. The highest BCUT2D eigenvalue weighted by Crippen LogP contribution is 2.16. The van der Waals surface area contributed by atoms with Crippen LogP contribution in [0.15, 0.2) is 52.2 Å². The normalized spacial score (nSPS) is 10.6. The number of amides is 1. The van der Waals surface area contributed by atoms with Gasteiger partial charge in [-0.1, -0.05) is 18.2 Å². The molecule has 1 N–H and O–H groups in total. The molecule has 0 unspecified atom stereocenters. The molecule has 3 aromatic rings. The summed E-state index contributed by atoms with van der Waals surface area (Å²) in [4.78, 5) is 36.0. The third-order valence-corrected chi connectivity index (χ3v) is 4.09. The molecule has 27 heavy (non-hydrogen) atoms. The minimum absolute atomic E-state index is 0.0961. The average molecular weight is 369 g/mol. The van der Waals surface area contributed by atoms with Gasteiger partial charge in [0, 0.05) is 26.4 Å². The van der Waals surface area contributed by atoms with Crippen LogP contribution in [-0.2, 0) is 20.8 Å². The van der Waals surface area contributed by atoms with Crippen molar-refractivity contribution in [2.75, 3.05) is 5.32 Å². The number of para-hydroxylation sites is 1. The Morgan fingerprint density at radius 3 is 2.63 bits per heavy atom. The molecule has 0 aliphatic rings. The molecule has 0 aliphatic carbocycles. The number of benzene rings is 1. The minimum Gasteiger partial charge on any atom is -0.471 e. The summed E-state index contributed by atoms with van der Waals surface area (Å²) in [6.45, 7) is 2.08. The third kappa shape index (κ3) is 3.81. The predicted octanol–water partition coefficient (Wildman–Crippen LogP) is 0.878. The molecule has 9 nitrogen and oxygen atoms in total. The SMILES string of the molecule is Cc1ccccc1OCn1ccc(C(=O)Nc2cc(=O)n(C)c(=O)n2C)n1. The molecular formula is C18H19N5O4. The molecule has 0 saturated heterocycles. The van der Waals surface area contributed by atoms with Gasteiger partial charge in [-0.15, -0.1) is 0 Å². The number of carbonyl (C=O) groups excluding carboxylic acids is 1. The van der Waals surface area contributed by atoms with Crippen molar-refractivity contribution >= 4 is 11.7 Å². The van der Waals surface area contributed by atoms with Gasteiger partial charge in [0.15, 0.2) is 12.4 Å². The van der Waals surface area contributed by atoms with Crippen LogP contribution in [0.1, 0.15) is 16.1 Å². The number of nitrogens with one attached hydrogen (secondary N) is 1. The zero-order valence-electron chi connectivity index (χ0n) is 15.2. The lowest BCUT2D eigenvalue weighted by molar-refractivity contribution is 0.101. The Labute approximate surface area is 154 Å². The number of nitrogens with zero attached hydrogens (tertiary/aromatic N) is 4. The summed E-state index contributed by atoms with van der Waals surface area (Å²) in [6.07, 6.45) is 1.61. The van der Waals surface area contributed by atoms with Gasteiger partial charge in [-0.2, -0.15) is 5.10 Å². The van der Waals surface area contributed by atoms with Crippen LogP contribution < -0.4 is 21.3 Å². The van der Waals surface area contributed by atoms with Crippen molar-refractivity contribution in [2.24, 2.45) is 14.1 Å². The van der Waals surface area contributed by atoms with E-state index in [1.165, 1.54) is 35.5 Å². The van der Waals surface area contributed by atoms with Crippen molar-refractivity contribution in [2.45, 2.75) is 13.7 Å². The highest BCUT2D eigenvalue weighted by Gasteiger charge is 2.13. The summed E-state index contributed by atoms with van der Waals surface area (Å²) in [7, 11) is 2.83. The smallest absolute Gasteiger partial charge is 0.332 e. The molecule has 2 heterocycles. The Hall–Kier alpha value is -3.62. The first-order valence-electron chi connectivity index (χ1n) is 8.17. The molecule has 0 spiro atoms. The summed E-state index contributed by atoms with van der Waals surface area (Å²) in [5, 5.41) is 6.68. The van der Waals surface area contributed by atoms with E-state index >= 15 is 0 Å². The van der Waals surface area contributed by atoms with Gasteiger partial charge in [0.2, 0.25) is 0 Å². The summed E-state index contributed by atoms with van der Waals surface area (Å²) < 4.78 is 9.28. The van der Waals surface area contributed by atoms with Crippen molar-refractivity contribution in [1.82, 2.24) is 18.9 Å². The first kappa shape index (κ1) is 18.2. The van der Waals surface area contributed by atoms with Gasteiger partial charge < -0.3 is 10.1 Å². The second-order valence-corrected chi connectivity index (χ2v) is 6.00. The average Bonchev–Trinajstić information content (AvgIpc) is 3.13. The summed E-state index contributed by atoms with van der Waals surface area (Å²) in [5.41, 5.74) is 0.0891. The molecule has 0 saturated carbocycles. The minimum atomic E-state index is -0.534. The number of hydrogen-bond acceptors (Lipinski definition) is 5. The van der Waals surface area contributed by atoms with Gasteiger partial charge in [-0.25, -0.2) is 9.48 Å². The molecule has 9 heteroatoms. The van der Waals surface area contributed by atoms with E-state index in [4.69, 9.17) is 4.74 Å². The fraction of sp³-hybridized carbons (Fsp3) is 0.222. The Morgan fingerprint density at radius 2 is 1.89 bits per heavy atom. The van der Waals surface area contributed by atoms with Crippen LogP contribution in [0.2, 0.25) is 0 Å². The van der Waals surface area contributed by atoms with Crippen LogP contribution >= 0.6 is 0 Å². The van der Waals surface area contributed by atoms with Crippen LogP contribution in [0.4, 0.5) is 5.82 Å². The number of anilines is 1. The number of ether oxygens (including phenoxy) is 1. The van der Waals surface area contributed by atoms with Crippen LogP contribution in [0.3, 0.4) is 0 Å². The molecule has 0 radical (unpaired) electrons. The summed E-state index contributed by atoms with van der Waals surface area (Å²) in [5.74, 6) is 0.292. The molecule has 1 amide bonds. The number of carbonyl (C=O) groups is 1. The summed E-state index contributed by atoms with van der Waals surface area (Å²) in [6, 6.07) is 10.3. The molecule has 140 valence electrons. The quantitative estimate of drug-likeness (QED) is 0.720. The van der Waals surface area contributed by atoms with Gasteiger partial charge in [-0.3, -0.25) is 18.7 Å². The van der Waals surface area contributed by atoms with Crippen molar-refractivity contribution in [3.05, 3.63) is 74.7 Å². The van der Waals surface area contributed by atoms with E-state index < -0.39 is 17.2 Å². The van der Waals surface area contributed by atoms with Crippen LogP contribution in [-0.4, -0.2) is 24.8 Å². The van der Waals surface area contributed by atoms with Crippen LogP contribution in [0.5, 0.6) is 5.75 Å². The van der Waals surface area contributed by atoms with E-state index in [9.17, 15) is 14.4 Å². The van der Waals surface area contributed by atoms with E-state index in [-0.39, 0.29) is 18.2 Å². The molecule has 0 bridgehead atoms. The lowest BCUT2D eigenvalue weighted by Gasteiger charge is -2.10. The molecule has 1 aromatic carbocycles. The Morgan fingerprint density at radius 1 is 1.15 bits per heavy atom. The fourth-order valence-electron chi connectivity index (χ4n) is 2.44. The second-order valence-electron chi connectivity index (χ2n) is 6.00. The first-order chi connectivity index (χ1) is 12.9. The Bertz CT molecular complexity index is 1110. The maximum Gasteiger partial charge on any atom is 0.332 e. The molecule has 0 fully saturated rings. The van der Waals surface area contributed by atoms with E-state index in [2.05, 4.69) is 10.4 Å². The highest BCUT2D eigenvalue weighted by atomic mass is 16.5. The van der Waals surface area contributed by atoms with Crippen LogP contribution in [0, 0.1) is 6.92 Å². The lowest BCUT2D eigenvalue weighted by atomic mass is 10.2. The van der Waals surface area contributed by atoms with Gasteiger partial charge in [0.05, 0.1) is 0 Å². The fourth-order valence-corrected chi connectivity index (χ4v) is 2.44. The monoisotopic (exact) mass is 369 g/mol. The van der Waals surface area contributed by atoms with Crippen LogP contribution in [0.25, 0.3) is 0 Å². The zero-order valence-corrected chi connectivity index (χ0v) is 15.2. The van der Waals surface area contributed by atoms with Gasteiger partial charge in [-0.05, 0) is 24.6 Å². The molecule has 3 rings (SSSR count). The largest absolute Gasteiger partial charge is 0.471 e. The molecular weight excluding hydrogens is 350 g/mol. The van der Waals surface area contributed by atoms with E-state index in [0.29, 0.717) is 0 Å². The topological polar surface area (TPSA) is 100 Å². The van der Waals surface area contributed by atoms with Crippen molar-refractivity contribution in [3.8, 4) is 5.75 Å². The lowest BCUT2D eigenvalue weighted by Crippen LogP contribution is -2.38. The predicted molar refractivity (Wildman–Crippen MR) is 98.9 cm³/mol. The number of rotatable bonds is 5. The standard InChI is InChI=1S/C18H19N5O4/c1-12-6-4-5-7-14(12)27-11-23-9-8-13(20-23)17(25)19-15-10-16(24)22(3)18(26)21(15)2/h4-10H,11H2,1-3H3,(H,19,25). The van der Waals surface area contributed by atoms with Gasteiger partial charge in [0.1, 0.15) is 11.6 Å². The van der Waals surface area contributed by atoms with E-state index in [1.807, 2.05) is 31.2 Å². The summed E-state index contributed by atoms with van der Waals surface area (Å²) >= 11 is 0. The Balaban J connectivity index is 1.71. The van der Waals surface area contributed by atoms with Crippen molar-refractivity contribution in [3.63, 3.8) is 0 Å². The third-order valence-electron chi connectivity index (χ3n) is 4.09. The van der Waals surface area contributed by atoms with E-state index in [0.717, 1.165) is 15.9 Å².